The van der Waals surface area contributed by atoms with Gasteiger partial charge in [-0.05, 0) is 44.4 Å². The predicted octanol–water partition coefficient (Wildman–Crippen LogP) is 2.42. The lowest BCUT2D eigenvalue weighted by molar-refractivity contribution is -0.132. The number of amides is 1. The molecule has 21 heavy (non-hydrogen) atoms. The standard InChI is InChI=1S/C15H24ClN3OS/c1-11(17)12-4-3-7-19(8-12)10-15(20)18(2)9-13-5-6-14(16)21-13/h5-6,11-12H,3-4,7-10,17H2,1-2H3. The van der Waals surface area contributed by atoms with Crippen LogP contribution in [0.2, 0.25) is 4.34 Å². The van der Waals surface area contributed by atoms with Crippen LogP contribution in [0, 0.1) is 5.92 Å². The van der Waals surface area contributed by atoms with Gasteiger partial charge in [-0.15, -0.1) is 11.3 Å². The summed E-state index contributed by atoms with van der Waals surface area (Å²) in [6.45, 7) is 5.10. The third-order valence-electron chi connectivity index (χ3n) is 4.09. The van der Waals surface area contributed by atoms with Gasteiger partial charge < -0.3 is 10.6 Å². The molecule has 118 valence electrons. The van der Waals surface area contributed by atoms with Crippen molar-refractivity contribution in [3.63, 3.8) is 0 Å². The third-order valence-corrected chi connectivity index (χ3v) is 5.31. The minimum absolute atomic E-state index is 0.157. The normalized spacial score (nSPS) is 21.2. The van der Waals surface area contributed by atoms with E-state index in [2.05, 4.69) is 11.8 Å². The molecule has 1 saturated heterocycles. The van der Waals surface area contributed by atoms with Crippen molar-refractivity contribution in [2.45, 2.75) is 32.4 Å². The van der Waals surface area contributed by atoms with E-state index in [9.17, 15) is 4.79 Å². The highest BCUT2D eigenvalue weighted by molar-refractivity contribution is 7.16. The molecule has 2 atom stereocenters. The van der Waals surface area contributed by atoms with Gasteiger partial charge >= 0.3 is 0 Å². The van der Waals surface area contributed by atoms with Gasteiger partial charge in [0, 0.05) is 24.5 Å². The van der Waals surface area contributed by atoms with Crippen LogP contribution in [0.3, 0.4) is 0 Å². The Kier molecular flexibility index (Phi) is 6.05. The fourth-order valence-corrected chi connectivity index (χ4v) is 3.88. The van der Waals surface area contributed by atoms with Gasteiger partial charge in [-0.3, -0.25) is 9.69 Å². The number of hydrogen-bond donors (Lipinski definition) is 1. The minimum atomic E-state index is 0.157. The molecule has 1 fully saturated rings. The molecule has 1 aliphatic heterocycles. The number of carbonyl (C=O) groups is 1. The van der Waals surface area contributed by atoms with E-state index >= 15 is 0 Å². The second kappa shape index (κ2) is 7.58. The number of halogens is 1. The Morgan fingerprint density at radius 2 is 2.38 bits per heavy atom. The largest absolute Gasteiger partial charge is 0.340 e. The fourth-order valence-electron chi connectivity index (χ4n) is 2.73. The van der Waals surface area contributed by atoms with Crippen LogP contribution in [-0.4, -0.2) is 48.4 Å². The molecule has 0 saturated carbocycles. The Balaban J connectivity index is 1.82. The molecule has 0 aliphatic carbocycles. The van der Waals surface area contributed by atoms with E-state index in [0.29, 0.717) is 19.0 Å². The van der Waals surface area contributed by atoms with Crippen LogP contribution < -0.4 is 5.73 Å². The van der Waals surface area contributed by atoms with Gasteiger partial charge in [-0.1, -0.05) is 11.6 Å². The number of carbonyl (C=O) groups excluding carboxylic acids is 1. The lowest BCUT2D eigenvalue weighted by atomic mass is 9.92. The Hall–Kier alpha value is -0.620. The summed E-state index contributed by atoms with van der Waals surface area (Å²) in [5.74, 6) is 0.665. The van der Waals surface area contributed by atoms with Gasteiger partial charge in [0.15, 0.2) is 0 Å². The zero-order valence-corrected chi connectivity index (χ0v) is 14.3. The van der Waals surface area contributed by atoms with Gasteiger partial charge in [0.25, 0.3) is 0 Å². The van der Waals surface area contributed by atoms with Crippen LogP contribution in [0.1, 0.15) is 24.6 Å². The van der Waals surface area contributed by atoms with E-state index in [0.717, 1.165) is 28.7 Å². The van der Waals surface area contributed by atoms with Gasteiger partial charge in [0.05, 0.1) is 17.4 Å². The molecule has 2 rings (SSSR count). The Morgan fingerprint density at radius 1 is 1.62 bits per heavy atom. The second-order valence-electron chi connectivity index (χ2n) is 5.95. The van der Waals surface area contributed by atoms with Crippen molar-refractivity contribution in [2.24, 2.45) is 11.7 Å². The van der Waals surface area contributed by atoms with Crippen molar-refractivity contribution in [3.8, 4) is 0 Å². The summed E-state index contributed by atoms with van der Waals surface area (Å²) >= 11 is 7.44. The van der Waals surface area contributed by atoms with Crippen LogP contribution in [0.15, 0.2) is 12.1 Å². The second-order valence-corrected chi connectivity index (χ2v) is 7.75. The summed E-state index contributed by atoms with van der Waals surface area (Å²) < 4.78 is 0.765. The lowest BCUT2D eigenvalue weighted by Gasteiger charge is -2.34. The molecular formula is C15H24ClN3OS. The number of nitrogens with zero attached hydrogens (tertiary/aromatic N) is 2. The molecule has 6 heteroatoms. The first-order valence-electron chi connectivity index (χ1n) is 7.42. The summed E-state index contributed by atoms with van der Waals surface area (Å²) in [6, 6.07) is 4.05. The highest BCUT2D eigenvalue weighted by Crippen LogP contribution is 2.23. The highest BCUT2D eigenvalue weighted by atomic mass is 35.5. The van der Waals surface area contributed by atoms with Crippen molar-refractivity contribution in [3.05, 3.63) is 21.3 Å². The summed E-state index contributed by atoms with van der Waals surface area (Å²) in [4.78, 5) is 17.4. The van der Waals surface area contributed by atoms with Gasteiger partial charge in [-0.2, -0.15) is 0 Å². The molecule has 0 bridgehead atoms. The van der Waals surface area contributed by atoms with Gasteiger partial charge in [0.2, 0.25) is 5.91 Å². The molecular weight excluding hydrogens is 306 g/mol. The molecule has 0 radical (unpaired) electrons. The lowest BCUT2D eigenvalue weighted by Crippen LogP contribution is -2.46. The van der Waals surface area contributed by atoms with Crippen molar-refractivity contribution in [2.75, 3.05) is 26.7 Å². The topological polar surface area (TPSA) is 49.6 Å². The number of likely N-dealkylation sites (N-methyl/N-ethyl adjacent to an activating group) is 1. The number of likely N-dealkylation sites (tertiary alicyclic amines) is 1. The van der Waals surface area contributed by atoms with Crippen LogP contribution in [0.4, 0.5) is 0 Å². The van der Waals surface area contributed by atoms with Crippen molar-refractivity contribution in [1.29, 1.82) is 0 Å². The quantitative estimate of drug-likeness (QED) is 0.902. The van der Waals surface area contributed by atoms with E-state index in [-0.39, 0.29) is 11.9 Å². The SMILES string of the molecule is CC(N)C1CCCN(CC(=O)N(C)Cc2ccc(Cl)s2)C1. The molecule has 1 aromatic rings. The monoisotopic (exact) mass is 329 g/mol. The summed E-state index contributed by atoms with van der Waals surface area (Å²) in [5, 5.41) is 0. The molecule has 1 amide bonds. The maximum atomic E-state index is 12.3. The van der Waals surface area contributed by atoms with Crippen LogP contribution in [0.25, 0.3) is 0 Å². The maximum absolute atomic E-state index is 12.3. The molecule has 1 aliphatic rings. The molecule has 1 aromatic heterocycles. The smallest absolute Gasteiger partial charge is 0.236 e. The first kappa shape index (κ1) is 16.7. The van der Waals surface area contributed by atoms with Gasteiger partial charge in [-0.25, -0.2) is 0 Å². The molecule has 0 aromatic carbocycles. The maximum Gasteiger partial charge on any atom is 0.236 e. The summed E-state index contributed by atoms with van der Waals surface area (Å²) in [6.07, 6.45) is 2.30. The van der Waals surface area contributed by atoms with E-state index in [1.54, 1.807) is 4.90 Å². The van der Waals surface area contributed by atoms with E-state index < -0.39 is 0 Å². The number of nitrogens with two attached hydrogens (primary N) is 1. The van der Waals surface area contributed by atoms with Gasteiger partial charge in [0.1, 0.15) is 0 Å². The zero-order valence-electron chi connectivity index (χ0n) is 12.7. The van der Waals surface area contributed by atoms with E-state index in [1.165, 1.54) is 17.8 Å². The third kappa shape index (κ3) is 4.95. The Bertz CT molecular complexity index is 477. The molecule has 0 spiro atoms. The number of rotatable bonds is 5. The number of hydrogen-bond acceptors (Lipinski definition) is 4. The first-order valence-corrected chi connectivity index (χ1v) is 8.61. The molecule has 2 N–H and O–H groups in total. The average Bonchev–Trinajstić information content (AvgIpc) is 2.84. The van der Waals surface area contributed by atoms with Crippen LogP contribution >= 0.6 is 22.9 Å². The molecule has 2 heterocycles. The predicted molar refractivity (Wildman–Crippen MR) is 88.6 cm³/mol. The number of piperidine rings is 1. The van der Waals surface area contributed by atoms with Crippen LogP contribution in [0.5, 0.6) is 0 Å². The fraction of sp³-hybridized carbons (Fsp3) is 0.667. The molecule has 4 nitrogen and oxygen atoms in total. The first-order chi connectivity index (χ1) is 9.95. The molecule has 2 unspecified atom stereocenters. The Labute approximate surface area is 135 Å². The summed E-state index contributed by atoms with van der Waals surface area (Å²) in [7, 11) is 1.85. The van der Waals surface area contributed by atoms with E-state index in [4.69, 9.17) is 17.3 Å². The van der Waals surface area contributed by atoms with E-state index in [1.807, 2.05) is 19.2 Å². The number of thiophene rings is 1. The highest BCUT2D eigenvalue weighted by Gasteiger charge is 2.24. The minimum Gasteiger partial charge on any atom is -0.340 e. The Morgan fingerprint density at radius 3 is 3.00 bits per heavy atom. The van der Waals surface area contributed by atoms with Crippen LogP contribution in [-0.2, 0) is 11.3 Å². The average molecular weight is 330 g/mol. The van der Waals surface area contributed by atoms with Crippen molar-refractivity contribution in [1.82, 2.24) is 9.80 Å². The summed E-state index contributed by atoms with van der Waals surface area (Å²) in [5.41, 5.74) is 5.99. The van der Waals surface area contributed by atoms with Crippen molar-refractivity contribution >= 4 is 28.8 Å². The zero-order chi connectivity index (χ0) is 15.4. The van der Waals surface area contributed by atoms with Crippen molar-refractivity contribution < 1.29 is 4.79 Å².